The first kappa shape index (κ1) is 17.9. The van der Waals surface area contributed by atoms with Crippen LogP contribution in [0.3, 0.4) is 0 Å². The monoisotopic (exact) mass is 378 g/mol. The van der Waals surface area contributed by atoms with E-state index in [2.05, 4.69) is 20.7 Å². The number of hydrazone groups is 1. The Bertz CT molecular complexity index is 915. The van der Waals surface area contributed by atoms with Gasteiger partial charge in [0.15, 0.2) is 5.69 Å². The molecule has 1 aromatic heterocycles. The van der Waals surface area contributed by atoms with Gasteiger partial charge in [0, 0.05) is 12.1 Å². The molecular weight excluding hydrogens is 365 g/mol. The first-order valence-electron chi connectivity index (χ1n) is 7.51. The van der Waals surface area contributed by atoms with Crippen LogP contribution in [-0.2, 0) is 11.0 Å². The Balaban J connectivity index is 1.78. The number of halogens is 3. The van der Waals surface area contributed by atoms with Crippen LogP contribution in [0.2, 0.25) is 0 Å². The Morgan fingerprint density at radius 2 is 2.19 bits per heavy atom. The van der Waals surface area contributed by atoms with Crippen molar-refractivity contribution in [2.45, 2.75) is 25.1 Å². The van der Waals surface area contributed by atoms with E-state index in [1.54, 1.807) is 6.92 Å². The molecule has 1 amide bonds. The lowest BCUT2D eigenvalue weighted by Crippen LogP contribution is -2.47. The van der Waals surface area contributed by atoms with E-state index in [1.807, 2.05) is 17.5 Å². The zero-order valence-electron chi connectivity index (χ0n) is 13.5. The first-order chi connectivity index (χ1) is 12.2. The fourth-order valence-electron chi connectivity index (χ4n) is 2.53. The highest BCUT2D eigenvalue weighted by Gasteiger charge is 2.40. The molecule has 0 saturated heterocycles. The quantitative estimate of drug-likeness (QED) is 0.777. The van der Waals surface area contributed by atoms with E-state index < -0.39 is 28.9 Å². The van der Waals surface area contributed by atoms with Crippen LogP contribution in [0.25, 0.3) is 4.85 Å². The minimum atomic E-state index is -4.68. The van der Waals surface area contributed by atoms with Crippen LogP contribution < -0.4 is 10.7 Å². The Labute approximate surface area is 151 Å². The number of hydrogen-bond acceptors (Lipinski definition) is 4. The first-order valence-corrected chi connectivity index (χ1v) is 8.39. The molecule has 0 aliphatic carbocycles. The third-order valence-electron chi connectivity index (χ3n) is 3.95. The zero-order chi connectivity index (χ0) is 18.9. The molecule has 0 saturated carbocycles. The van der Waals surface area contributed by atoms with Crippen molar-refractivity contribution in [2.75, 3.05) is 5.32 Å². The summed E-state index contributed by atoms with van der Waals surface area (Å²) in [5.41, 5.74) is 0.803. The van der Waals surface area contributed by atoms with Crippen LogP contribution in [0.15, 0.2) is 40.8 Å². The highest BCUT2D eigenvalue weighted by atomic mass is 32.1. The molecular formula is C17H13F3N4OS. The summed E-state index contributed by atoms with van der Waals surface area (Å²) >= 11 is 1.49. The summed E-state index contributed by atoms with van der Waals surface area (Å²) in [5, 5.41) is 8.55. The lowest BCUT2D eigenvalue weighted by atomic mass is 9.95. The summed E-state index contributed by atoms with van der Waals surface area (Å²) < 4.78 is 39.2. The van der Waals surface area contributed by atoms with Gasteiger partial charge in [0.05, 0.1) is 22.7 Å². The molecule has 1 unspecified atom stereocenters. The molecule has 134 valence electrons. The molecule has 3 rings (SSSR count). The average molecular weight is 378 g/mol. The molecule has 2 aromatic rings. The highest BCUT2D eigenvalue weighted by molar-refractivity contribution is 7.12. The Morgan fingerprint density at radius 3 is 2.81 bits per heavy atom. The summed E-state index contributed by atoms with van der Waals surface area (Å²) in [5.74, 6) is -0.503. The van der Waals surface area contributed by atoms with Crippen molar-refractivity contribution in [1.29, 1.82) is 0 Å². The number of alkyl halides is 3. The van der Waals surface area contributed by atoms with E-state index in [0.29, 0.717) is 6.42 Å². The van der Waals surface area contributed by atoms with Gasteiger partial charge >= 0.3 is 6.18 Å². The number of nitrogens with one attached hydrogen (secondary N) is 2. The number of thiophene rings is 1. The third-order valence-corrected chi connectivity index (χ3v) is 4.86. The number of nitrogens with zero attached hydrogens (tertiary/aromatic N) is 2. The SMILES string of the molecule is [C-]#[N+]c1ccc(NC(=O)C2(C)CC(c3cccs3)=NN2)cc1C(F)(F)F. The number of rotatable bonds is 3. The van der Waals surface area contributed by atoms with Crippen LogP contribution >= 0.6 is 11.3 Å². The Kier molecular flexibility index (Phi) is 4.46. The molecule has 2 heterocycles. The summed E-state index contributed by atoms with van der Waals surface area (Å²) in [7, 11) is 0. The molecule has 26 heavy (non-hydrogen) atoms. The van der Waals surface area contributed by atoms with Gasteiger partial charge in [-0.2, -0.15) is 18.3 Å². The van der Waals surface area contributed by atoms with Gasteiger partial charge in [0.1, 0.15) is 5.54 Å². The van der Waals surface area contributed by atoms with Crippen molar-refractivity contribution < 1.29 is 18.0 Å². The maximum Gasteiger partial charge on any atom is 0.407 e. The fraction of sp³-hybridized carbons (Fsp3) is 0.235. The summed E-state index contributed by atoms with van der Waals surface area (Å²) in [6, 6.07) is 6.84. The molecule has 1 atom stereocenters. The number of benzene rings is 1. The number of carbonyl (C=O) groups excluding carboxylic acids is 1. The van der Waals surface area contributed by atoms with Crippen LogP contribution in [0.4, 0.5) is 24.5 Å². The predicted octanol–water partition coefficient (Wildman–Crippen LogP) is 4.41. The second kappa shape index (κ2) is 6.46. The number of hydrogen-bond donors (Lipinski definition) is 2. The molecule has 0 spiro atoms. The fourth-order valence-corrected chi connectivity index (χ4v) is 3.24. The second-order valence-corrected chi connectivity index (χ2v) is 6.90. The van der Waals surface area contributed by atoms with Crippen molar-refractivity contribution >= 4 is 34.3 Å². The van der Waals surface area contributed by atoms with Crippen molar-refractivity contribution in [3.63, 3.8) is 0 Å². The largest absolute Gasteiger partial charge is 0.407 e. The highest BCUT2D eigenvalue weighted by Crippen LogP contribution is 2.38. The summed E-state index contributed by atoms with van der Waals surface area (Å²) in [4.78, 5) is 16.4. The third kappa shape index (κ3) is 3.41. The Morgan fingerprint density at radius 1 is 1.42 bits per heavy atom. The van der Waals surface area contributed by atoms with E-state index in [-0.39, 0.29) is 5.69 Å². The standard InChI is InChI=1S/C17H13F3N4OS/c1-16(9-13(23-24-16)14-4-3-7-26-14)15(25)22-10-5-6-12(21-2)11(8-10)17(18,19)20/h3-8,24H,9H2,1H3,(H,22,25). The van der Waals surface area contributed by atoms with E-state index in [9.17, 15) is 18.0 Å². The van der Waals surface area contributed by atoms with Crippen molar-refractivity contribution in [2.24, 2.45) is 5.10 Å². The minimum absolute atomic E-state index is 0.0256. The molecule has 0 bridgehead atoms. The van der Waals surface area contributed by atoms with Crippen LogP contribution in [-0.4, -0.2) is 17.2 Å². The lowest BCUT2D eigenvalue weighted by molar-refractivity contribution is -0.136. The van der Waals surface area contributed by atoms with Gasteiger partial charge in [-0.15, -0.1) is 11.3 Å². The van der Waals surface area contributed by atoms with Gasteiger partial charge in [-0.05, 0) is 30.5 Å². The molecule has 1 aliphatic rings. The minimum Gasteiger partial charge on any atom is -0.324 e. The second-order valence-electron chi connectivity index (χ2n) is 5.95. The van der Waals surface area contributed by atoms with Crippen molar-refractivity contribution in [3.05, 3.63) is 57.6 Å². The topological polar surface area (TPSA) is 57.9 Å². The average Bonchev–Trinajstić information content (AvgIpc) is 3.24. The maximum atomic E-state index is 13.1. The molecule has 2 N–H and O–H groups in total. The van der Waals surface area contributed by atoms with Gasteiger partial charge in [0.2, 0.25) is 0 Å². The smallest absolute Gasteiger partial charge is 0.324 e. The van der Waals surface area contributed by atoms with Crippen LogP contribution in [0.1, 0.15) is 23.8 Å². The van der Waals surface area contributed by atoms with E-state index in [1.165, 1.54) is 17.4 Å². The summed E-state index contributed by atoms with van der Waals surface area (Å²) in [6.07, 6.45) is -4.36. The van der Waals surface area contributed by atoms with E-state index in [0.717, 1.165) is 22.7 Å². The van der Waals surface area contributed by atoms with Crippen molar-refractivity contribution in [1.82, 2.24) is 5.43 Å². The summed E-state index contributed by atoms with van der Waals surface area (Å²) in [6.45, 7) is 8.48. The van der Waals surface area contributed by atoms with Crippen LogP contribution in [0, 0.1) is 6.57 Å². The van der Waals surface area contributed by atoms with Gasteiger partial charge in [-0.25, -0.2) is 4.85 Å². The van der Waals surface area contributed by atoms with E-state index >= 15 is 0 Å². The van der Waals surface area contributed by atoms with Gasteiger partial charge < -0.3 is 5.32 Å². The van der Waals surface area contributed by atoms with E-state index in [4.69, 9.17) is 6.57 Å². The molecule has 1 aliphatic heterocycles. The van der Waals surface area contributed by atoms with Gasteiger partial charge in [-0.3, -0.25) is 10.2 Å². The molecule has 9 heteroatoms. The van der Waals surface area contributed by atoms with Gasteiger partial charge in [0.25, 0.3) is 5.91 Å². The maximum absolute atomic E-state index is 13.1. The number of amides is 1. The number of anilines is 1. The predicted molar refractivity (Wildman–Crippen MR) is 93.3 cm³/mol. The number of carbonyl (C=O) groups is 1. The van der Waals surface area contributed by atoms with Gasteiger partial charge in [-0.1, -0.05) is 12.1 Å². The molecule has 0 fully saturated rings. The normalized spacial score (nSPS) is 19.4. The lowest BCUT2D eigenvalue weighted by Gasteiger charge is -2.23. The molecule has 1 aromatic carbocycles. The molecule has 0 radical (unpaired) electrons. The van der Waals surface area contributed by atoms with Crippen molar-refractivity contribution in [3.8, 4) is 0 Å². The van der Waals surface area contributed by atoms with Crippen LogP contribution in [0.5, 0.6) is 0 Å². The zero-order valence-corrected chi connectivity index (χ0v) is 14.3. The Hall–Kier alpha value is -2.86. The molecule has 5 nitrogen and oxygen atoms in total.